The summed E-state index contributed by atoms with van der Waals surface area (Å²) < 4.78 is 10.8. The molecule has 2 unspecified atom stereocenters. The number of rotatable bonds is 4. The molecule has 18 heavy (non-hydrogen) atoms. The number of hydrogen-bond acceptors (Lipinski definition) is 3. The van der Waals surface area contributed by atoms with E-state index in [4.69, 9.17) is 9.47 Å². The van der Waals surface area contributed by atoms with Crippen molar-refractivity contribution in [2.24, 2.45) is 0 Å². The van der Waals surface area contributed by atoms with Crippen LogP contribution in [0.1, 0.15) is 38.3 Å². The van der Waals surface area contributed by atoms with Crippen molar-refractivity contribution in [2.75, 3.05) is 13.7 Å². The Labute approximate surface area is 109 Å². The predicted molar refractivity (Wildman–Crippen MR) is 73.0 cm³/mol. The van der Waals surface area contributed by atoms with E-state index in [9.17, 15) is 0 Å². The molecule has 100 valence electrons. The molecular formula is C15H23NO2. The fraction of sp³-hybridized carbons (Fsp3) is 0.600. The fourth-order valence-electron chi connectivity index (χ4n) is 2.51. The van der Waals surface area contributed by atoms with Gasteiger partial charge in [0.1, 0.15) is 5.75 Å². The second-order valence-corrected chi connectivity index (χ2v) is 5.07. The molecule has 1 aliphatic rings. The van der Waals surface area contributed by atoms with Crippen molar-refractivity contribution in [3.63, 3.8) is 0 Å². The van der Waals surface area contributed by atoms with Crippen LogP contribution in [0.25, 0.3) is 0 Å². The summed E-state index contributed by atoms with van der Waals surface area (Å²) in [6, 6.07) is 9.15. The van der Waals surface area contributed by atoms with Crippen LogP contribution in [-0.2, 0) is 4.74 Å². The maximum atomic E-state index is 5.57. The molecule has 1 N–H and O–H groups in total. The zero-order chi connectivity index (χ0) is 13.0. The van der Waals surface area contributed by atoms with Crippen molar-refractivity contribution in [3.05, 3.63) is 29.8 Å². The number of ether oxygens (including phenoxy) is 2. The summed E-state index contributed by atoms with van der Waals surface area (Å²) in [7, 11) is 1.71. The van der Waals surface area contributed by atoms with E-state index in [1.807, 2.05) is 12.1 Å². The predicted octanol–water partition coefficient (Wildman–Crippen LogP) is 2.91. The highest BCUT2D eigenvalue weighted by Gasteiger charge is 2.21. The van der Waals surface area contributed by atoms with Crippen LogP contribution in [0.3, 0.4) is 0 Å². The standard InChI is InChI=1S/C15H23NO2/c1-11-9-14(7-8-18-11)16-12(2)13-5-4-6-15(10-13)17-3/h4-6,10-12,14,16H,7-9H2,1-3H3/t11?,12-,14?/m0/s1. The van der Waals surface area contributed by atoms with E-state index in [1.54, 1.807) is 7.11 Å². The van der Waals surface area contributed by atoms with Gasteiger partial charge in [-0.25, -0.2) is 0 Å². The highest BCUT2D eigenvalue weighted by Crippen LogP contribution is 2.21. The van der Waals surface area contributed by atoms with E-state index in [1.165, 1.54) is 5.56 Å². The Morgan fingerprint density at radius 1 is 1.44 bits per heavy atom. The third-order valence-electron chi connectivity index (χ3n) is 3.56. The molecule has 1 aromatic rings. The zero-order valence-corrected chi connectivity index (χ0v) is 11.5. The van der Waals surface area contributed by atoms with Crippen molar-refractivity contribution in [2.45, 2.75) is 44.9 Å². The summed E-state index contributed by atoms with van der Waals surface area (Å²) in [6.45, 7) is 5.21. The number of nitrogens with one attached hydrogen (secondary N) is 1. The Morgan fingerprint density at radius 3 is 3.00 bits per heavy atom. The second-order valence-electron chi connectivity index (χ2n) is 5.07. The van der Waals surface area contributed by atoms with Crippen molar-refractivity contribution in [1.29, 1.82) is 0 Å². The average Bonchev–Trinajstić information content (AvgIpc) is 2.39. The lowest BCUT2D eigenvalue weighted by Gasteiger charge is -2.30. The zero-order valence-electron chi connectivity index (χ0n) is 11.5. The van der Waals surface area contributed by atoms with E-state index >= 15 is 0 Å². The first-order valence-electron chi connectivity index (χ1n) is 6.70. The summed E-state index contributed by atoms with van der Waals surface area (Å²) in [4.78, 5) is 0. The van der Waals surface area contributed by atoms with Crippen LogP contribution in [0.5, 0.6) is 5.75 Å². The first kappa shape index (κ1) is 13.4. The minimum absolute atomic E-state index is 0.343. The van der Waals surface area contributed by atoms with Gasteiger partial charge in [0.05, 0.1) is 13.2 Å². The van der Waals surface area contributed by atoms with Crippen LogP contribution in [0.4, 0.5) is 0 Å². The summed E-state index contributed by atoms with van der Waals surface area (Å²) in [5.74, 6) is 0.918. The van der Waals surface area contributed by atoms with Gasteiger partial charge in [-0.3, -0.25) is 0 Å². The van der Waals surface area contributed by atoms with E-state index in [-0.39, 0.29) is 0 Å². The lowest BCUT2D eigenvalue weighted by atomic mass is 10.0. The van der Waals surface area contributed by atoms with Gasteiger partial charge in [0.25, 0.3) is 0 Å². The first-order chi connectivity index (χ1) is 8.69. The SMILES string of the molecule is COc1cccc([C@H](C)NC2CCOC(C)C2)c1. The molecule has 3 atom stereocenters. The van der Waals surface area contributed by atoms with Gasteiger partial charge >= 0.3 is 0 Å². The van der Waals surface area contributed by atoms with Gasteiger partial charge in [-0.1, -0.05) is 12.1 Å². The minimum Gasteiger partial charge on any atom is -0.497 e. The van der Waals surface area contributed by atoms with Gasteiger partial charge < -0.3 is 14.8 Å². The molecule has 1 aliphatic heterocycles. The second kappa shape index (κ2) is 6.21. The molecule has 1 heterocycles. The first-order valence-corrected chi connectivity index (χ1v) is 6.70. The number of methoxy groups -OCH3 is 1. The molecule has 3 nitrogen and oxygen atoms in total. The molecular weight excluding hydrogens is 226 g/mol. The van der Waals surface area contributed by atoms with Crippen LogP contribution in [0, 0.1) is 0 Å². The van der Waals surface area contributed by atoms with Crippen molar-refractivity contribution in [3.8, 4) is 5.75 Å². The molecule has 3 heteroatoms. The van der Waals surface area contributed by atoms with E-state index in [0.29, 0.717) is 18.2 Å². The molecule has 0 saturated carbocycles. The normalized spacial score (nSPS) is 25.7. The summed E-state index contributed by atoms with van der Waals surface area (Å²) >= 11 is 0. The van der Waals surface area contributed by atoms with Crippen LogP contribution in [0.15, 0.2) is 24.3 Å². The molecule has 0 bridgehead atoms. The van der Waals surface area contributed by atoms with Gasteiger partial charge in [0.2, 0.25) is 0 Å². The third kappa shape index (κ3) is 3.47. The molecule has 1 saturated heterocycles. The van der Waals surface area contributed by atoms with E-state index < -0.39 is 0 Å². The smallest absolute Gasteiger partial charge is 0.119 e. The molecule has 0 radical (unpaired) electrons. The largest absolute Gasteiger partial charge is 0.497 e. The van der Waals surface area contributed by atoms with Crippen molar-refractivity contribution >= 4 is 0 Å². The third-order valence-corrected chi connectivity index (χ3v) is 3.56. The Hall–Kier alpha value is -1.06. The van der Waals surface area contributed by atoms with Gasteiger partial charge in [-0.05, 0) is 44.4 Å². The van der Waals surface area contributed by atoms with Crippen LogP contribution >= 0.6 is 0 Å². The Kier molecular flexibility index (Phi) is 4.61. The molecule has 1 aromatic carbocycles. The van der Waals surface area contributed by atoms with Crippen molar-refractivity contribution in [1.82, 2.24) is 5.32 Å². The monoisotopic (exact) mass is 249 g/mol. The maximum Gasteiger partial charge on any atom is 0.119 e. The summed E-state index contributed by atoms with van der Waals surface area (Å²) in [6.07, 6.45) is 2.56. The minimum atomic E-state index is 0.343. The lowest BCUT2D eigenvalue weighted by Crippen LogP contribution is -2.39. The van der Waals surface area contributed by atoms with Gasteiger partial charge in [0.15, 0.2) is 0 Å². The van der Waals surface area contributed by atoms with Gasteiger partial charge in [0, 0.05) is 18.7 Å². The highest BCUT2D eigenvalue weighted by atomic mass is 16.5. The van der Waals surface area contributed by atoms with Gasteiger partial charge in [-0.15, -0.1) is 0 Å². The maximum absolute atomic E-state index is 5.57. The van der Waals surface area contributed by atoms with Crippen LogP contribution < -0.4 is 10.1 Å². The van der Waals surface area contributed by atoms with Crippen molar-refractivity contribution < 1.29 is 9.47 Å². The molecule has 0 spiro atoms. The Morgan fingerprint density at radius 2 is 2.28 bits per heavy atom. The molecule has 2 rings (SSSR count). The molecule has 0 amide bonds. The number of hydrogen-bond donors (Lipinski definition) is 1. The van der Waals surface area contributed by atoms with Gasteiger partial charge in [-0.2, -0.15) is 0 Å². The van der Waals surface area contributed by atoms with Crippen LogP contribution in [0.2, 0.25) is 0 Å². The Bertz CT molecular complexity index is 381. The quantitative estimate of drug-likeness (QED) is 0.890. The highest BCUT2D eigenvalue weighted by molar-refractivity contribution is 5.30. The summed E-state index contributed by atoms with van der Waals surface area (Å²) in [5.41, 5.74) is 1.27. The Balaban J connectivity index is 1.95. The fourth-order valence-corrected chi connectivity index (χ4v) is 2.51. The van der Waals surface area contributed by atoms with Crippen LogP contribution in [-0.4, -0.2) is 25.9 Å². The van der Waals surface area contributed by atoms with E-state index in [0.717, 1.165) is 25.2 Å². The molecule has 0 aromatic heterocycles. The lowest BCUT2D eigenvalue weighted by molar-refractivity contribution is 0.0116. The summed E-state index contributed by atoms with van der Waals surface area (Å²) in [5, 5.41) is 3.68. The average molecular weight is 249 g/mol. The number of benzene rings is 1. The van der Waals surface area contributed by atoms with E-state index in [2.05, 4.69) is 31.3 Å². The molecule has 0 aliphatic carbocycles. The topological polar surface area (TPSA) is 30.5 Å². The molecule has 1 fully saturated rings.